The van der Waals surface area contributed by atoms with E-state index in [4.69, 9.17) is 11.6 Å². The molecule has 11 heteroatoms. The Morgan fingerprint density at radius 1 is 1.37 bits per heavy atom. The fraction of sp³-hybridized carbons (Fsp3) is 0.421. The molecule has 9 nitrogen and oxygen atoms in total. The molecule has 3 rings (SSSR count). The van der Waals surface area contributed by atoms with Crippen LogP contribution < -0.4 is 10.6 Å². The molecule has 0 aliphatic carbocycles. The highest BCUT2D eigenvalue weighted by Crippen LogP contribution is 2.28. The Labute approximate surface area is 182 Å². The minimum absolute atomic E-state index is 0.0543. The van der Waals surface area contributed by atoms with Crippen LogP contribution in [-0.4, -0.2) is 46.3 Å². The molecule has 0 fully saturated rings. The number of nitrogens with one attached hydrogen (secondary N) is 2. The van der Waals surface area contributed by atoms with Crippen LogP contribution in [0.1, 0.15) is 34.8 Å². The van der Waals surface area contributed by atoms with Crippen molar-refractivity contribution in [3.8, 4) is 0 Å². The summed E-state index contributed by atoms with van der Waals surface area (Å²) in [5.74, 6) is -1.16. The number of nitrogens with zero attached hydrogens (tertiary/aromatic N) is 3. The van der Waals surface area contributed by atoms with Crippen molar-refractivity contribution in [3.63, 3.8) is 0 Å². The van der Waals surface area contributed by atoms with Gasteiger partial charge in [-0.25, -0.2) is 4.98 Å². The smallest absolute Gasteiger partial charge is 0.270 e. The number of nitro benzene ring substituents is 1. The number of non-ortho nitro benzene ring substituents is 1. The Morgan fingerprint density at radius 3 is 2.73 bits per heavy atom. The second-order valence-electron chi connectivity index (χ2n) is 7.48. The normalized spacial score (nSPS) is 14.8. The number of fused-ring (bicyclic) bond motifs is 1. The average molecular weight is 452 g/mol. The lowest BCUT2D eigenvalue weighted by atomic mass is 10.0. The van der Waals surface area contributed by atoms with Gasteiger partial charge in [-0.15, -0.1) is 11.3 Å². The van der Waals surface area contributed by atoms with Crippen molar-refractivity contribution in [2.24, 2.45) is 5.92 Å². The van der Waals surface area contributed by atoms with Gasteiger partial charge in [0.2, 0.25) is 5.91 Å². The lowest BCUT2D eigenvalue weighted by Crippen LogP contribution is -2.47. The van der Waals surface area contributed by atoms with Crippen molar-refractivity contribution in [2.75, 3.05) is 18.9 Å². The number of thiazole rings is 1. The number of benzene rings is 1. The Balaban J connectivity index is 1.72. The van der Waals surface area contributed by atoms with Gasteiger partial charge >= 0.3 is 0 Å². The summed E-state index contributed by atoms with van der Waals surface area (Å²) in [5.41, 5.74) is 0.845. The zero-order valence-electron chi connectivity index (χ0n) is 16.8. The van der Waals surface area contributed by atoms with Crippen molar-refractivity contribution in [3.05, 3.63) is 49.5 Å². The van der Waals surface area contributed by atoms with E-state index in [1.807, 2.05) is 20.9 Å². The monoisotopic (exact) mass is 451 g/mol. The second-order valence-corrected chi connectivity index (χ2v) is 8.97. The van der Waals surface area contributed by atoms with Gasteiger partial charge in [0.05, 0.1) is 21.2 Å². The average Bonchev–Trinajstić information content (AvgIpc) is 3.06. The molecule has 1 aliphatic rings. The Hall–Kier alpha value is -2.56. The van der Waals surface area contributed by atoms with Crippen LogP contribution in [0, 0.1) is 16.0 Å². The highest BCUT2D eigenvalue weighted by molar-refractivity contribution is 7.15. The fourth-order valence-corrected chi connectivity index (χ4v) is 4.47. The standard InChI is InChI=1S/C19H22ClN5O4S/c1-10(2)16(22-17(26)12-5-4-11(25(28)29)8-13(12)20)18(27)23-19-21-14-6-7-24(3)9-15(14)30-19/h4-5,8,10,16H,6-7,9H2,1-3H3,(H,22,26)(H,21,23,27)/t16-/m0/s1. The summed E-state index contributed by atoms with van der Waals surface area (Å²) >= 11 is 7.47. The van der Waals surface area contributed by atoms with E-state index in [0.29, 0.717) is 5.13 Å². The molecular formula is C19H22ClN5O4S. The first kappa shape index (κ1) is 22.1. The number of hydrogen-bond donors (Lipinski definition) is 2. The number of aromatic nitrogens is 1. The van der Waals surface area contributed by atoms with E-state index < -0.39 is 16.9 Å². The second kappa shape index (κ2) is 9.07. The Bertz CT molecular complexity index is 993. The maximum atomic E-state index is 12.8. The summed E-state index contributed by atoms with van der Waals surface area (Å²) in [7, 11) is 2.04. The molecule has 1 atom stereocenters. The molecule has 30 heavy (non-hydrogen) atoms. The third kappa shape index (κ3) is 4.94. The molecule has 0 unspecified atom stereocenters. The lowest BCUT2D eigenvalue weighted by molar-refractivity contribution is -0.384. The molecule has 2 N–H and O–H groups in total. The van der Waals surface area contributed by atoms with Crippen LogP contribution in [0.4, 0.5) is 10.8 Å². The van der Waals surface area contributed by atoms with Crippen molar-refractivity contribution < 1.29 is 14.5 Å². The first-order valence-electron chi connectivity index (χ1n) is 9.38. The summed E-state index contributed by atoms with van der Waals surface area (Å²) in [6.45, 7) is 5.34. The van der Waals surface area contributed by atoms with Crippen LogP contribution in [-0.2, 0) is 17.8 Å². The molecule has 0 saturated carbocycles. The quantitative estimate of drug-likeness (QED) is 0.514. The minimum atomic E-state index is -0.827. The highest BCUT2D eigenvalue weighted by Gasteiger charge is 2.27. The van der Waals surface area contributed by atoms with Crippen molar-refractivity contribution in [1.82, 2.24) is 15.2 Å². The van der Waals surface area contributed by atoms with Crippen LogP contribution in [0.5, 0.6) is 0 Å². The predicted molar refractivity (Wildman–Crippen MR) is 115 cm³/mol. The maximum absolute atomic E-state index is 12.8. The summed E-state index contributed by atoms with van der Waals surface area (Å²) in [6.07, 6.45) is 0.835. The number of likely N-dealkylation sites (N-methyl/N-ethyl adjacent to an activating group) is 1. The molecule has 2 amide bonds. The SMILES string of the molecule is CC(C)[C@H](NC(=O)c1ccc([N+](=O)[O-])cc1Cl)C(=O)Nc1nc2c(s1)CN(C)CC2. The van der Waals surface area contributed by atoms with E-state index in [-0.39, 0.29) is 28.1 Å². The fourth-order valence-electron chi connectivity index (χ4n) is 3.12. The van der Waals surface area contributed by atoms with Crippen LogP contribution >= 0.6 is 22.9 Å². The number of hydrogen-bond acceptors (Lipinski definition) is 7. The molecular weight excluding hydrogens is 430 g/mol. The van der Waals surface area contributed by atoms with E-state index >= 15 is 0 Å². The summed E-state index contributed by atoms with van der Waals surface area (Å²) < 4.78 is 0. The van der Waals surface area contributed by atoms with Crippen molar-refractivity contribution in [1.29, 1.82) is 0 Å². The zero-order chi connectivity index (χ0) is 22.0. The van der Waals surface area contributed by atoms with E-state index in [1.54, 1.807) is 0 Å². The van der Waals surface area contributed by atoms with Gasteiger partial charge in [-0.1, -0.05) is 25.4 Å². The van der Waals surface area contributed by atoms with Gasteiger partial charge in [0, 0.05) is 36.5 Å². The molecule has 0 radical (unpaired) electrons. The van der Waals surface area contributed by atoms with Gasteiger partial charge in [0.1, 0.15) is 6.04 Å². The van der Waals surface area contributed by atoms with Gasteiger partial charge in [-0.05, 0) is 19.0 Å². The van der Waals surface area contributed by atoms with Crippen molar-refractivity contribution >= 4 is 45.6 Å². The van der Waals surface area contributed by atoms with Crippen LogP contribution in [0.3, 0.4) is 0 Å². The lowest BCUT2D eigenvalue weighted by Gasteiger charge is -2.21. The molecule has 1 aliphatic heterocycles. The topological polar surface area (TPSA) is 117 Å². The van der Waals surface area contributed by atoms with Crippen LogP contribution in [0.25, 0.3) is 0 Å². The van der Waals surface area contributed by atoms with Crippen molar-refractivity contribution in [2.45, 2.75) is 32.9 Å². The number of halogens is 1. The first-order chi connectivity index (χ1) is 14.2. The van der Waals surface area contributed by atoms with Gasteiger partial charge in [-0.3, -0.25) is 19.7 Å². The largest absolute Gasteiger partial charge is 0.340 e. The third-order valence-electron chi connectivity index (χ3n) is 4.80. The van der Waals surface area contributed by atoms with E-state index in [2.05, 4.69) is 20.5 Å². The number of nitro groups is 1. The molecule has 0 bridgehead atoms. The summed E-state index contributed by atoms with van der Waals surface area (Å²) in [6, 6.07) is 2.75. The van der Waals surface area contributed by atoms with Gasteiger partial charge in [0.15, 0.2) is 5.13 Å². The van der Waals surface area contributed by atoms with E-state index in [0.717, 1.165) is 36.1 Å². The first-order valence-corrected chi connectivity index (χ1v) is 10.6. The molecule has 1 aromatic carbocycles. The van der Waals surface area contributed by atoms with Gasteiger partial charge in [-0.2, -0.15) is 0 Å². The number of rotatable bonds is 6. The summed E-state index contributed by atoms with van der Waals surface area (Å²) in [5, 5.41) is 16.8. The molecule has 1 aromatic heterocycles. The minimum Gasteiger partial charge on any atom is -0.340 e. The van der Waals surface area contributed by atoms with Gasteiger partial charge in [0.25, 0.3) is 11.6 Å². The molecule has 0 saturated heterocycles. The van der Waals surface area contributed by atoms with Crippen LogP contribution in [0.15, 0.2) is 18.2 Å². The molecule has 160 valence electrons. The van der Waals surface area contributed by atoms with E-state index in [9.17, 15) is 19.7 Å². The zero-order valence-corrected chi connectivity index (χ0v) is 18.3. The summed E-state index contributed by atoms with van der Waals surface area (Å²) in [4.78, 5) is 43.6. The maximum Gasteiger partial charge on any atom is 0.270 e. The molecule has 2 aromatic rings. The third-order valence-corrected chi connectivity index (χ3v) is 6.11. The molecule has 0 spiro atoms. The number of amides is 2. The Kier molecular flexibility index (Phi) is 6.69. The Morgan fingerprint density at radius 2 is 2.10 bits per heavy atom. The molecule has 2 heterocycles. The number of carbonyl (C=O) groups excluding carboxylic acids is 2. The van der Waals surface area contributed by atoms with E-state index in [1.165, 1.54) is 23.5 Å². The predicted octanol–water partition coefficient (Wildman–Crippen LogP) is 3.09. The highest BCUT2D eigenvalue weighted by atomic mass is 35.5. The van der Waals surface area contributed by atoms with Crippen LogP contribution in [0.2, 0.25) is 5.02 Å². The number of anilines is 1. The van der Waals surface area contributed by atoms with Gasteiger partial charge < -0.3 is 15.5 Å². The number of carbonyl (C=O) groups is 2.